The predicted molar refractivity (Wildman–Crippen MR) is 69.2 cm³/mol. The zero-order valence-electron chi connectivity index (χ0n) is 10.3. The first kappa shape index (κ1) is 12.1. The van der Waals surface area contributed by atoms with Crippen LogP contribution in [0, 0.1) is 0 Å². The second-order valence-electron chi connectivity index (χ2n) is 4.05. The average molecular weight is 245 g/mol. The molecule has 1 heterocycles. The van der Waals surface area contributed by atoms with Gasteiger partial charge in [-0.05, 0) is 25.1 Å². The second-order valence-corrected chi connectivity index (χ2v) is 4.05. The van der Waals surface area contributed by atoms with Crippen LogP contribution in [0.2, 0.25) is 0 Å². The lowest BCUT2D eigenvalue weighted by Crippen LogP contribution is -2.04. The number of nitrogen functional groups attached to an aromatic ring is 1. The summed E-state index contributed by atoms with van der Waals surface area (Å²) in [6.45, 7) is 2.01. The van der Waals surface area contributed by atoms with E-state index < -0.39 is 0 Å². The summed E-state index contributed by atoms with van der Waals surface area (Å²) >= 11 is 0. The number of rotatable bonds is 4. The van der Waals surface area contributed by atoms with Crippen molar-refractivity contribution in [2.24, 2.45) is 7.05 Å². The first-order chi connectivity index (χ1) is 8.56. The van der Waals surface area contributed by atoms with Crippen molar-refractivity contribution in [3.8, 4) is 0 Å². The lowest BCUT2D eigenvalue weighted by molar-refractivity contribution is 0.101. The van der Waals surface area contributed by atoms with Gasteiger partial charge in [-0.3, -0.25) is 9.48 Å². The number of benzene rings is 1. The molecule has 3 N–H and O–H groups in total. The lowest BCUT2D eigenvalue weighted by Gasteiger charge is -2.07. The van der Waals surface area contributed by atoms with Crippen molar-refractivity contribution in [1.29, 1.82) is 0 Å². The fourth-order valence-electron chi connectivity index (χ4n) is 1.64. The van der Waals surface area contributed by atoms with Crippen LogP contribution in [-0.4, -0.2) is 20.5 Å². The average Bonchev–Trinajstić information content (AvgIpc) is 2.72. The zero-order valence-corrected chi connectivity index (χ0v) is 10.3. The molecular formula is C12H15N5O. The van der Waals surface area contributed by atoms with Gasteiger partial charge in [0.15, 0.2) is 11.6 Å². The van der Waals surface area contributed by atoms with Gasteiger partial charge in [-0.25, -0.2) is 4.98 Å². The number of aryl methyl sites for hydroxylation is 1. The Morgan fingerprint density at radius 3 is 2.83 bits per heavy atom. The van der Waals surface area contributed by atoms with Gasteiger partial charge >= 0.3 is 0 Å². The number of Topliss-reactive ketones (excluding diaryl/α,β-unsaturated/α-hetero) is 1. The Labute approximate surface area is 105 Å². The summed E-state index contributed by atoms with van der Waals surface area (Å²) in [5, 5.41) is 7.30. The van der Waals surface area contributed by atoms with Crippen LogP contribution in [-0.2, 0) is 13.6 Å². The molecule has 0 aliphatic rings. The highest BCUT2D eigenvalue weighted by atomic mass is 16.1. The number of hydrogen-bond acceptors (Lipinski definition) is 5. The van der Waals surface area contributed by atoms with E-state index in [0.29, 0.717) is 23.6 Å². The molecule has 18 heavy (non-hydrogen) atoms. The van der Waals surface area contributed by atoms with Crippen LogP contribution >= 0.6 is 0 Å². The number of ketones is 1. The number of carbonyl (C=O) groups excluding carboxylic acids is 1. The first-order valence-electron chi connectivity index (χ1n) is 5.55. The summed E-state index contributed by atoms with van der Waals surface area (Å²) in [4.78, 5) is 15.3. The summed E-state index contributed by atoms with van der Waals surface area (Å²) in [5.41, 5.74) is 7.65. The zero-order chi connectivity index (χ0) is 13.1. The first-order valence-corrected chi connectivity index (χ1v) is 5.55. The molecule has 0 bridgehead atoms. The maximum absolute atomic E-state index is 11.2. The third-order valence-corrected chi connectivity index (χ3v) is 2.53. The normalized spacial score (nSPS) is 10.3. The number of aromatic nitrogens is 3. The summed E-state index contributed by atoms with van der Waals surface area (Å²) in [5.74, 6) is 0.664. The molecule has 0 aliphatic carbocycles. The third kappa shape index (κ3) is 2.65. The Balaban J connectivity index is 2.06. The van der Waals surface area contributed by atoms with Crippen molar-refractivity contribution in [3.05, 3.63) is 35.9 Å². The van der Waals surface area contributed by atoms with Crippen LogP contribution in [0.5, 0.6) is 0 Å². The molecule has 6 heteroatoms. The molecule has 0 unspecified atom stereocenters. The molecule has 0 saturated carbocycles. The molecule has 94 valence electrons. The van der Waals surface area contributed by atoms with Crippen molar-refractivity contribution >= 4 is 17.2 Å². The van der Waals surface area contributed by atoms with E-state index in [1.54, 1.807) is 23.1 Å². The molecule has 2 aromatic rings. The van der Waals surface area contributed by atoms with E-state index in [9.17, 15) is 4.79 Å². The Kier molecular flexibility index (Phi) is 3.27. The maximum atomic E-state index is 11.2. The Hall–Kier alpha value is -2.37. The Morgan fingerprint density at radius 1 is 1.50 bits per heavy atom. The quantitative estimate of drug-likeness (QED) is 0.624. The number of nitrogens with two attached hydrogens (primary N) is 1. The van der Waals surface area contributed by atoms with Crippen molar-refractivity contribution in [1.82, 2.24) is 14.8 Å². The van der Waals surface area contributed by atoms with Gasteiger partial charge in [0.1, 0.15) is 6.33 Å². The second kappa shape index (κ2) is 4.87. The molecule has 0 saturated heterocycles. The minimum absolute atomic E-state index is 0.0366. The van der Waals surface area contributed by atoms with Crippen LogP contribution in [0.15, 0.2) is 24.5 Å². The van der Waals surface area contributed by atoms with Crippen LogP contribution in [0.3, 0.4) is 0 Å². The molecule has 0 atom stereocenters. The van der Waals surface area contributed by atoms with E-state index >= 15 is 0 Å². The molecule has 1 aromatic heterocycles. The highest BCUT2D eigenvalue weighted by Crippen LogP contribution is 2.18. The van der Waals surface area contributed by atoms with Crippen LogP contribution in [0.1, 0.15) is 23.1 Å². The lowest BCUT2D eigenvalue weighted by atomic mass is 10.1. The monoisotopic (exact) mass is 245 g/mol. The number of carbonyl (C=O) groups is 1. The standard InChI is InChI=1S/C12H15N5O/c1-8(18)10-4-3-9(5-11(10)13)14-6-12-15-7-17(2)16-12/h3-5,7,14H,6,13H2,1-2H3. The SMILES string of the molecule is CC(=O)c1ccc(NCc2ncn(C)n2)cc1N. The van der Waals surface area contributed by atoms with Gasteiger partial charge in [-0.2, -0.15) is 5.10 Å². The number of hydrogen-bond donors (Lipinski definition) is 2. The molecule has 0 spiro atoms. The van der Waals surface area contributed by atoms with Gasteiger partial charge in [0.25, 0.3) is 0 Å². The van der Waals surface area contributed by atoms with Crippen molar-refractivity contribution in [2.75, 3.05) is 11.1 Å². The van der Waals surface area contributed by atoms with Crippen LogP contribution < -0.4 is 11.1 Å². The van der Waals surface area contributed by atoms with Gasteiger partial charge in [0.2, 0.25) is 0 Å². The molecule has 1 aromatic carbocycles. The summed E-state index contributed by atoms with van der Waals surface area (Å²) in [6, 6.07) is 5.27. The van der Waals surface area contributed by atoms with Crippen LogP contribution in [0.4, 0.5) is 11.4 Å². The summed E-state index contributed by atoms with van der Waals surface area (Å²) in [7, 11) is 1.82. The Bertz CT molecular complexity index is 576. The van der Waals surface area contributed by atoms with E-state index in [4.69, 9.17) is 5.73 Å². The molecular weight excluding hydrogens is 230 g/mol. The van der Waals surface area contributed by atoms with Crippen molar-refractivity contribution in [2.45, 2.75) is 13.5 Å². The van der Waals surface area contributed by atoms with E-state index in [0.717, 1.165) is 5.69 Å². The third-order valence-electron chi connectivity index (χ3n) is 2.53. The number of nitrogens with zero attached hydrogens (tertiary/aromatic N) is 3. The van der Waals surface area contributed by atoms with Gasteiger partial charge in [0, 0.05) is 24.0 Å². The minimum Gasteiger partial charge on any atom is -0.398 e. The number of anilines is 2. The van der Waals surface area contributed by atoms with Gasteiger partial charge < -0.3 is 11.1 Å². The maximum Gasteiger partial charge on any atom is 0.169 e. The van der Waals surface area contributed by atoms with E-state index in [1.165, 1.54) is 6.92 Å². The molecule has 0 aliphatic heterocycles. The smallest absolute Gasteiger partial charge is 0.169 e. The van der Waals surface area contributed by atoms with Crippen molar-refractivity contribution in [3.63, 3.8) is 0 Å². The molecule has 0 fully saturated rings. The topological polar surface area (TPSA) is 85.8 Å². The highest BCUT2D eigenvalue weighted by Gasteiger charge is 2.05. The molecule has 0 radical (unpaired) electrons. The van der Waals surface area contributed by atoms with Crippen LogP contribution in [0.25, 0.3) is 0 Å². The Morgan fingerprint density at radius 2 is 2.28 bits per heavy atom. The van der Waals surface area contributed by atoms with E-state index in [1.807, 2.05) is 13.1 Å². The molecule has 2 rings (SSSR count). The predicted octanol–water partition coefficient (Wildman–Crippen LogP) is 1.21. The summed E-state index contributed by atoms with van der Waals surface area (Å²) in [6.07, 6.45) is 1.64. The fourth-order valence-corrected chi connectivity index (χ4v) is 1.64. The van der Waals surface area contributed by atoms with Gasteiger partial charge in [0.05, 0.1) is 6.54 Å². The van der Waals surface area contributed by atoms with Crippen molar-refractivity contribution < 1.29 is 4.79 Å². The summed E-state index contributed by atoms with van der Waals surface area (Å²) < 4.78 is 1.64. The van der Waals surface area contributed by atoms with E-state index in [2.05, 4.69) is 15.4 Å². The number of nitrogens with one attached hydrogen (secondary N) is 1. The van der Waals surface area contributed by atoms with E-state index in [-0.39, 0.29) is 5.78 Å². The highest BCUT2D eigenvalue weighted by molar-refractivity contribution is 5.99. The fraction of sp³-hybridized carbons (Fsp3) is 0.250. The minimum atomic E-state index is -0.0366. The van der Waals surface area contributed by atoms with Gasteiger partial charge in [-0.15, -0.1) is 0 Å². The largest absolute Gasteiger partial charge is 0.398 e. The molecule has 0 amide bonds. The van der Waals surface area contributed by atoms with Gasteiger partial charge in [-0.1, -0.05) is 0 Å². The molecule has 6 nitrogen and oxygen atoms in total.